The van der Waals surface area contributed by atoms with Crippen LogP contribution in [0.5, 0.6) is 0 Å². The number of nitrogens with zero attached hydrogens (tertiary/aromatic N) is 2. The van der Waals surface area contributed by atoms with E-state index in [1.54, 1.807) is 18.7 Å². The second-order valence-corrected chi connectivity index (χ2v) is 5.31. The van der Waals surface area contributed by atoms with Crippen LogP contribution in [0.3, 0.4) is 0 Å². The third-order valence-corrected chi connectivity index (χ3v) is 3.68. The summed E-state index contributed by atoms with van der Waals surface area (Å²) in [4.78, 5) is 39.2. The van der Waals surface area contributed by atoms with Gasteiger partial charge in [0.25, 0.3) is 0 Å². The van der Waals surface area contributed by atoms with Crippen molar-refractivity contribution >= 4 is 17.7 Å². The number of piperazine rings is 2. The molecule has 0 bridgehead atoms. The number of hydrogen-bond acceptors (Lipinski definition) is 4. The lowest BCUT2D eigenvalue weighted by Gasteiger charge is -2.41. The second-order valence-electron chi connectivity index (χ2n) is 5.31. The molecule has 0 aromatic rings. The fourth-order valence-corrected chi connectivity index (χ4v) is 2.37. The van der Waals surface area contributed by atoms with E-state index in [9.17, 15) is 14.4 Å². The van der Waals surface area contributed by atoms with Crippen molar-refractivity contribution in [3.05, 3.63) is 0 Å². The number of hydrogen-bond donors (Lipinski definition) is 2. The van der Waals surface area contributed by atoms with Gasteiger partial charge in [0.15, 0.2) is 0 Å². The number of amides is 3. The van der Waals surface area contributed by atoms with Gasteiger partial charge in [0, 0.05) is 39.3 Å². The maximum Gasteiger partial charge on any atom is 0.313 e. The van der Waals surface area contributed by atoms with Crippen LogP contribution in [-0.4, -0.2) is 72.3 Å². The van der Waals surface area contributed by atoms with Crippen LogP contribution in [0.15, 0.2) is 0 Å². The Morgan fingerprint density at radius 3 is 2.32 bits per heavy atom. The van der Waals surface area contributed by atoms with Crippen molar-refractivity contribution < 1.29 is 14.4 Å². The molecule has 2 aliphatic heterocycles. The summed E-state index contributed by atoms with van der Waals surface area (Å²) in [6, 6.07) is 0. The third-order valence-electron chi connectivity index (χ3n) is 3.68. The molecule has 2 heterocycles. The topological polar surface area (TPSA) is 81.8 Å². The van der Waals surface area contributed by atoms with Gasteiger partial charge in [-0.15, -0.1) is 0 Å². The molecule has 0 unspecified atom stereocenters. The summed E-state index contributed by atoms with van der Waals surface area (Å²) in [5.41, 5.74) is -0.973. The molecule has 2 fully saturated rings. The van der Waals surface area contributed by atoms with Gasteiger partial charge in [0.05, 0.1) is 0 Å². The molecule has 0 aliphatic carbocycles. The van der Waals surface area contributed by atoms with Gasteiger partial charge in [-0.1, -0.05) is 0 Å². The van der Waals surface area contributed by atoms with Crippen molar-refractivity contribution in [3.63, 3.8) is 0 Å². The first-order chi connectivity index (χ1) is 8.94. The quantitative estimate of drug-likeness (QED) is 0.506. The van der Waals surface area contributed by atoms with Gasteiger partial charge in [-0.2, -0.15) is 0 Å². The monoisotopic (exact) mass is 268 g/mol. The predicted molar refractivity (Wildman–Crippen MR) is 68.3 cm³/mol. The molecule has 2 aliphatic rings. The van der Waals surface area contributed by atoms with E-state index < -0.39 is 17.4 Å². The predicted octanol–water partition coefficient (Wildman–Crippen LogP) is -1.84. The van der Waals surface area contributed by atoms with Crippen LogP contribution in [0.1, 0.15) is 13.8 Å². The molecule has 7 nitrogen and oxygen atoms in total. The Morgan fingerprint density at radius 1 is 1.05 bits per heavy atom. The van der Waals surface area contributed by atoms with Crippen molar-refractivity contribution in [2.75, 3.05) is 39.3 Å². The average molecular weight is 268 g/mol. The second kappa shape index (κ2) is 5.16. The number of carbonyl (C=O) groups is 3. The van der Waals surface area contributed by atoms with Crippen molar-refractivity contribution in [3.8, 4) is 0 Å². The van der Waals surface area contributed by atoms with E-state index in [1.165, 1.54) is 4.90 Å². The lowest BCUT2D eigenvalue weighted by Crippen LogP contribution is -2.66. The Hall–Kier alpha value is -1.63. The minimum absolute atomic E-state index is 0.222. The summed E-state index contributed by atoms with van der Waals surface area (Å²) >= 11 is 0. The first-order valence-electron chi connectivity index (χ1n) is 6.54. The number of carbonyl (C=O) groups excluding carboxylic acids is 3. The van der Waals surface area contributed by atoms with Gasteiger partial charge >= 0.3 is 11.8 Å². The van der Waals surface area contributed by atoms with E-state index in [1.807, 2.05) is 0 Å². The van der Waals surface area contributed by atoms with Crippen LogP contribution in [0.25, 0.3) is 0 Å². The van der Waals surface area contributed by atoms with E-state index >= 15 is 0 Å². The largest absolute Gasteiger partial charge is 0.352 e. The molecule has 0 spiro atoms. The Labute approximate surface area is 112 Å². The molecule has 19 heavy (non-hydrogen) atoms. The van der Waals surface area contributed by atoms with Gasteiger partial charge in [-0.05, 0) is 13.8 Å². The zero-order chi connectivity index (χ0) is 14.0. The van der Waals surface area contributed by atoms with E-state index in [0.717, 1.165) is 0 Å². The lowest BCUT2D eigenvalue weighted by molar-refractivity contribution is -0.159. The highest BCUT2D eigenvalue weighted by molar-refractivity contribution is 6.35. The van der Waals surface area contributed by atoms with Gasteiger partial charge in [-0.3, -0.25) is 14.4 Å². The smallest absolute Gasteiger partial charge is 0.313 e. The highest BCUT2D eigenvalue weighted by Crippen LogP contribution is 2.18. The van der Waals surface area contributed by atoms with Crippen LogP contribution < -0.4 is 10.6 Å². The minimum Gasteiger partial charge on any atom is -0.352 e. The fourth-order valence-electron chi connectivity index (χ4n) is 2.37. The lowest BCUT2D eigenvalue weighted by atomic mass is 9.98. The third kappa shape index (κ3) is 2.56. The zero-order valence-electron chi connectivity index (χ0n) is 11.4. The SMILES string of the molecule is CC1(C)C(=O)NCCN1C(=O)C(=O)N1CCNCC1. The first-order valence-corrected chi connectivity index (χ1v) is 6.54. The highest BCUT2D eigenvalue weighted by Gasteiger charge is 2.43. The summed E-state index contributed by atoms with van der Waals surface area (Å²) in [5, 5.41) is 5.84. The molecule has 0 aromatic carbocycles. The van der Waals surface area contributed by atoms with Crippen molar-refractivity contribution in [1.29, 1.82) is 0 Å². The maximum atomic E-state index is 12.3. The minimum atomic E-state index is -0.973. The van der Waals surface area contributed by atoms with Crippen LogP contribution in [-0.2, 0) is 14.4 Å². The average Bonchev–Trinajstić information content (AvgIpc) is 2.41. The molecule has 0 radical (unpaired) electrons. The molecule has 2 saturated heterocycles. The molecule has 0 aromatic heterocycles. The summed E-state index contributed by atoms with van der Waals surface area (Å²) in [6.45, 7) is 6.54. The number of rotatable bonds is 0. The standard InChI is InChI=1S/C12H20N4O3/c1-12(2)11(19)14-5-8-16(12)10(18)9(17)15-6-3-13-4-7-15/h13H,3-8H2,1-2H3,(H,14,19). The van der Waals surface area contributed by atoms with Gasteiger partial charge in [-0.25, -0.2) is 0 Å². The van der Waals surface area contributed by atoms with Crippen molar-refractivity contribution in [2.45, 2.75) is 19.4 Å². The van der Waals surface area contributed by atoms with Gasteiger partial charge < -0.3 is 20.4 Å². The highest BCUT2D eigenvalue weighted by atomic mass is 16.2. The van der Waals surface area contributed by atoms with E-state index in [0.29, 0.717) is 39.3 Å². The van der Waals surface area contributed by atoms with E-state index in [2.05, 4.69) is 10.6 Å². The molecule has 3 amide bonds. The molecular weight excluding hydrogens is 248 g/mol. The summed E-state index contributed by atoms with van der Waals surface area (Å²) < 4.78 is 0. The van der Waals surface area contributed by atoms with Gasteiger partial charge in [0.2, 0.25) is 5.91 Å². The Bertz CT molecular complexity index is 402. The maximum absolute atomic E-state index is 12.3. The van der Waals surface area contributed by atoms with E-state index in [4.69, 9.17) is 0 Å². The Kier molecular flexibility index (Phi) is 3.75. The van der Waals surface area contributed by atoms with Crippen LogP contribution >= 0.6 is 0 Å². The van der Waals surface area contributed by atoms with Crippen molar-refractivity contribution in [2.24, 2.45) is 0 Å². The molecule has 0 saturated carbocycles. The molecule has 0 atom stereocenters. The first kappa shape index (κ1) is 13.8. The summed E-state index contributed by atoms with van der Waals surface area (Å²) in [7, 11) is 0. The Morgan fingerprint density at radius 2 is 1.68 bits per heavy atom. The Balaban J connectivity index is 2.09. The molecule has 7 heteroatoms. The molecule has 2 rings (SSSR count). The normalized spacial score (nSPS) is 22.9. The molecular formula is C12H20N4O3. The van der Waals surface area contributed by atoms with Crippen LogP contribution in [0.2, 0.25) is 0 Å². The van der Waals surface area contributed by atoms with Crippen LogP contribution in [0.4, 0.5) is 0 Å². The van der Waals surface area contributed by atoms with Crippen molar-refractivity contribution in [1.82, 2.24) is 20.4 Å². The molecule has 106 valence electrons. The van der Waals surface area contributed by atoms with E-state index in [-0.39, 0.29) is 5.91 Å². The van der Waals surface area contributed by atoms with Crippen LogP contribution in [0, 0.1) is 0 Å². The molecule has 2 N–H and O–H groups in total. The zero-order valence-corrected chi connectivity index (χ0v) is 11.4. The van der Waals surface area contributed by atoms with Gasteiger partial charge in [0.1, 0.15) is 5.54 Å². The summed E-state index contributed by atoms with van der Waals surface area (Å²) in [5.74, 6) is -1.31. The fraction of sp³-hybridized carbons (Fsp3) is 0.750. The summed E-state index contributed by atoms with van der Waals surface area (Å²) in [6.07, 6.45) is 0. The number of nitrogens with one attached hydrogen (secondary N) is 2.